The number of nitrogens with zero attached hydrogens (tertiary/aromatic N) is 3. The second-order valence-electron chi connectivity index (χ2n) is 6.20. The van der Waals surface area contributed by atoms with Gasteiger partial charge in [-0.25, -0.2) is 0 Å². The molecule has 0 aliphatic carbocycles. The lowest BCUT2D eigenvalue weighted by Gasteiger charge is -2.45. The Morgan fingerprint density at radius 3 is 2.65 bits per heavy atom. The van der Waals surface area contributed by atoms with Gasteiger partial charge in [-0.05, 0) is 31.8 Å². The Balaban J connectivity index is 1.41. The SMILES string of the molecule is C#CCCC1(CCC(=O)NC2CN3CCC2CC3)N=N1. The van der Waals surface area contributed by atoms with Gasteiger partial charge in [0.05, 0.1) is 0 Å². The minimum Gasteiger partial charge on any atom is -0.352 e. The highest BCUT2D eigenvalue weighted by atomic mass is 16.1. The van der Waals surface area contributed by atoms with Gasteiger partial charge < -0.3 is 10.2 Å². The van der Waals surface area contributed by atoms with Crippen molar-refractivity contribution >= 4 is 5.91 Å². The predicted molar refractivity (Wildman–Crippen MR) is 76.0 cm³/mol. The van der Waals surface area contributed by atoms with Crippen LogP contribution in [0.5, 0.6) is 0 Å². The fourth-order valence-electron chi connectivity index (χ4n) is 3.39. The molecule has 4 heterocycles. The molecule has 1 N–H and O–H groups in total. The van der Waals surface area contributed by atoms with Gasteiger partial charge in [0.25, 0.3) is 0 Å². The van der Waals surface area contributed by atoms with Crippen molar-refractivity contribution in [1.29, 1.82) is 0 Å². The number of amides is 1. The molecule has 1 atom stereocenters. The Bertz CT molecular complexity index is 439. The van der Waals surface area contributed by atoms with Gasteiger partial charge in [0, 0.05) is 38.3 Å². The molecule has 108 valence electrons. The van der Waals surface area contributed by atoms with E-state index in [4.69, 9.17) is 6.42 Å². The molecule has 0 aromatic carbocycles. The van der Waals surface area contributed by atoms with Crippen molar-refractivity contribution in [2.75, 3.05) is 19.6 Å². The van der Waals surface area contributed by atoms with Crippen molar-refractivity contribution in [2.45, 2.75) is 50.2 Å². The van der Waals surface area contributed by atoms with E-state index < -0.39 is 0 Å². The zero-order valence-electron chi connectivity index (χ0n) is 11.8. The Morgan fingerprint density at radius 1 is 1.35 bits per heavy atom. The first-order chi connectivity index (χ1) is 9.71. The van der Waals surface area contributed by atoms with Gasteiger partial charge in [-0.1, -0.05) is 0 Å². The van der Waals surface area contributed by atoms with E-state index in [1.54, 1.807) is 0 Å². The first-order valence-corrected chi connectivity index (χ1v) is 7.60. The summed E-state index contributed by atoms with van der Waals surface area (Å²) in [5, 5.41) is 11.3. The maximum absolute atomic E-state index is 12.1. The number of hydrogen-bond acceptors (Lipinski definition) is 4. The van der Waals surface area contributed by atoms with Crippen LogP contribution in [0.15, 0.2) is 10.2 Å². The molecule has 0 aromatic rings. The molecule has 0 aromatic heterocycles. The van der Waals surface area contributed by atoms with Crippen LogP contribution >= 0.6 is 0 Å². The van der Waals surface area contributed by atoms with E-state index in [9.17, 15) is 4.79 Å². The average molecular weight is 274 g/mol. The normalized spacial score (nSPS) is 32.6. The summed E-state index contributed by atoms with van der Waals surface area (Å²) in [6.07, 6.45) is 10.4. The molecular formula is C15H22N4O. The number of rotatable bonds is 6. The lowest BCUT2D eigenvalue weighted by atomic mass is 9.84. The molecule has 4 aliphatic rings. The first kappa shape index (κ1) is 13.6. The van der Waals surface area contributed by atoms with Gasteiger partial charge in [0.2, 0.25) is 5.91 Å². The molecule has 20 heavy (non-hydrogen) atoms. The molecule has 3 fully saturated rings. The largest absolute Gasteiger partial charge is 0.352 e. The van der Waals surface area contributed by atoms with Crippen molar-refractivity contribution in [2.24, 2.45) is 16.1 Å². The molecule has 1 amide bonds. The molecule has 0 saturated carbocycles. The zero-order valence-corrected chi connectivity index (χ0v) is 11.8. The lowest BCUT2D eigenvalue weighted by molar-refractivity contribution is -0.123. The topological polar surface area (TPSA) is 57.1 Å². The zero-order chi connectivity index (χ0) is 14.0. The van der Waals surface area contributed by atoms with E-state index >= 15 is 0 Å². The molecular weight excluding hydrogens is 252 g/mol. The standard InChI is InChI=1S/C15H22N4O/c1-2-3-7-15(17-18-15)8-4-14(20)16-13-11-19-9-5-12(13)6-10-19/h1,12-13H,3-11H2,(H,16,20). The van der Waals surface area contributed by atoms with Crippen molar-refractivity contribution < 1.29 is 4.79 Å². The average Bonchev–Trinajstić information content (AvgIpc) is 3.25. The van der Waals surface area contributed by atoms with E-state index in [0.29, 0.717) is 31.2 Å². The summed E-state index contributed by atoms with van der Waals surface area (Å²) in [6.45, 7) is 3.42. The van der Waals surface area contributed by atoms with Gasteiger partial charge in [-0.15, -0.1) is 12.3 Å². The van der Waals surface area contributed by atoms with Crippen LogP contribution in [-0.4, -0.2) is 42.1 Å². The molecule has 0 radical (unpaired) electrons. The summed E-state index contributed by atoms with van der Waals surface area (Å²) in [5.41, 5.74) is -0.335. The lowest BCUT2D eigenvalue weighted by Crippen LogP contribution is -2.57. The van der Waals surface area contributed by atoms with E-state index in [1.165, 1.54) is 25.9 Å². The Hall–Kier alpha value is -1.41. The van der Waals surface area contributed by atoms with E-state index in [-0.39, 0.29) is 11.6 Å². The number of hydrogen-bond donors (Lipinski definition) is 1. The number of nitrogens with one attached hydrogen (secondary N) is 1. The molecule has 2 bridgehead atoms. The van der Waals surface area contributed by atoms with Crippen LogP contribution < -0.4 is 5.32 Å². The molecule has 3 saturated heterocycles. The number of piperidine rings is 3. The Kier molecular flexibility index (Phi) is 3.75. The van der Waals surface area contributed by atoms with Crippen LogP contribution in [0.25, 0.3) is 0 Å². The quantitative estimate of drug-likeness (QED) is 0.747. The maximum atomic E-state index is 12.1. The molecule has 0 spiro atoms. The monoisotopic (exact) mass is 274 g/mol. The molecule has 4 aliphatic heterocycles. The third-order valence-corrected chi connectivity index (χ3v) is 4.81. The summed E-state index contributed by atoms with van der Waals surface area (Å²) >= 11 is 0. The third-order valence-electron chi connectivity index (χ3n) is 4.81. The minimum atomic E-state index is -0.335. The number of carbonyl (C=O) groups is 1. The van der Waals surface area contributed by atoms with Gasteiger partial charge >= 0.3 is 0 Å². The fourth-order valence-corrected chi connectivity index (χ4v) is 3.39. The summed E-state index contributed by atoms with van der Waals surface area (Å²) in [5.74, 6) is 3.42. The van der Waals surface area contributed by atoms with Crippen molar-refractivity contribution in [3.63, 3.8) is 0 Å². The molecule has 1 unspecified atom stereocenters. The van der Waals surface area contributed by atoms with Crippen LogP contribution in [0.2, 0.25) is 0 Å². The molecule has 4 rings (SSSR count). The van der Waals surface area contributed by atoms with Gasteiger partial charge in [-0.3, -0.25) is 4.79 Å². The summed E-state index contributed by atoms with van der Waals surface area (Å²) in [6, 6.07) is 0.347. The van der Waals surface area contributed by atoms with Crippen LogP contribution in [0.1, 0.15) is 38.5 Å². The highest BCUT2D eigenvalue weighted by Gasteiger charge is 2.40. The molecule has 5 nitrogen and oxygen atoms in total. The number of carbonyl (C=O) groups excluding carboxylic acids is 1. The summed E-state index contributed by atoms with van der Waals surface area (Å²) in [7, 11) is 0. The van der Waals surface area contributed by atoms with Crippen LogP contribution in [0.4, 0.5) is 0 Å². The summed E-state index contributed by atoms with van der Waals surface area (Å²) < 4.78 is 0. The van der Waals surface area contributed by atoms with E-state index in [1.807, 2.05) is 0 Å². The van der Waals surface area contributed by atoms with Crippen molar-refractivity contribution in [1.82, 2.24) is 10.2 Å². The second-order valence-corrected chi connectivity index (χ2v) is 6.20. The van der Waals surface area contributed by atoms with Crippen molar-refractivity contribution in [3.8, 4) is 12.3 Å². The minimum absolute atomic E-state index is 0.140. The van der Waals surface area contributed by atoms with Crippen LogP contribution in [-0.2, 0) is 4.79 Å². The van der Waals surface area contributed by atoms with Gasteiger partial charge in [0.1, 0.15) is 0 Å². The van der Waals surface area contributed by atoms with Crippen LogP contribution in [0.3, 0.4) is 0 Å². The predicted octanol–water partition coefficient (Wildman–Crippen LogP) is 1.55. The smallest absolute Gasteiger partial charge is 0.220 e. The van der Waals surface area contributed by atoms with Gasteiger partial charge in [0.15, 0.2) is 5.66 Å². The Morgan fingerprint density at radius 2 is 2.10 bits per heavy atom. The second kappa shape index (κ2) is 5.53. The highest BCUT2D eigenvalue weighted by molar-refractivity contribution is 5.76. The summed E-state index contributed by atoms with van der Waals surface area (Å²) in [4.78, 5) is 14.5. The third kappa shape index (κ3) is 3.01. The van der Waals surface area contributed by atoms with E-state index in [0.717, 1.165) is 13.0 Å². The van der Waals surface area contributed by atoms with Crippen molar-refractivity contribution in [3.05, 3.63) is 0 Å². The Labute approximate surface area is 120 Å². The number of terminal acetylenes is 1. The van der Waals surface area contributed by atoms with Gasteiger partial charge in [-0.2, -0.15) is 10.2 Å². The van der Waals surface area contributed by atoms with E-state index in [2.05, 4.69) is 26.4 Å². The fraction of sp³-hybridized carbons (Fsp3) is 0.800. The van der Waals surface area contributed by atoms with Crippen LogP contribution in [0, 0.1) is 18.3 Å². The first-order valence-electron chi connectivity index (χ1n) is 7.60. The molecule has 5 heteroatoms. The number of fused-ring (bicyclic) bond motifs is 3. The maximum Gasteiger partial charge on any atom is 0.220 e. The highest BCUT2D eigenvalue weighted by Crippen LogP contribution is 2.37.